The smallest absolute Gasteiger partial charge is 0.311 e. The largest absolute Gasteiger partial charge is 0.490 e. The van der Waals surface area contributed by atoms with Gasteiger partial charge in [0.05, 0.1) is 18.6 Å². The fourth-order valence-electron chi connectivity index (χ4n) is 3.58. The number of nitro benzene ring substituents is 1. The number of amides is 1. The lowest BCUT2D eigenvalue weighted by Gasteiger charge is -2.12. The normalized spacial score (nSPS) is 10.6. The molecule has 4 aromatic rings. The van der Waals surface area contributed by atoms with E-state index < -0.39 is 10.8 Å². The molecule has 1 amide bonds. The second-order valence-corrected chi connectivity index (χ2v) is 7.38. The van der Waals surface area contributed by atoms with Crippen molar-refractivity contribution in [3.63, 3.8) is 0 Å². The van der Waals surface area contributed by atoms with Crippen LogP contribution >= 0.6 is 0 Å². The van der Waals surface area contributed by atoms with Gasteiger partial charge in [-0.3, -0.25) is 19.6 Å². The van der Waals surface area contributed by atoms with E-state index in [-0.39, 0.29) is 23.5 Å². The Morgan fingerprint density at radius 3 is 2.58 bits per heavy atom. The molecule has 0 saturated carbocycles. The van der Waals surface area contributed by atoms with Crippen molar-refractivity contribution < 1.29 is 14.5 Å². The van der Waals surface area contributed by atoms with Crippen molar-refractivity contribution in [3.05, 3.63) is 112 Å². The Balaban J connectivity index is 1.48. The van der Waals surface area contributed by atoms with Crippen LogP contribution in [0.4, 0.5) is 5.69 Å². The molecule has 0 aliphatic heterocycles. The van der Waals surface area contributed by atoms with E-state index in [0.29, 0.717) is 6.54 Å². The molecular weight excluding hydrogens is 420 g/mol. The van der Waals surface area contributed by atoms with Gasteiger partial charge < -0.3 is 10.1 Å². The summed E-state index contributed by atoms with van der Waals surface area (Å²) in [5.74, 6) is -0.289. The highest BCUT2D eigenvalue weighted by atomic mass is 16.6. The molecule has 8 nitrogen and oxygen atoms in total. The Kier molecular flexibility index (Phi) is 6.45. The lowest BCUT2D eigenvalue weighted by Crippen LogP contribution is -2.23. The molecule has 0 aliphatic rings. The Bertz CT molecular complexity index is 1270. The molecule has 0 bridgehead atoms. The van der Waals surface area contributed by atoms with Crippen molar-refractivity contribution in [3.8, 4) is 16.9 Å². The van der Waals surface area contributed by atoms with Gasteiger partial charge in [-0.15, -0.1) is 0 Å². The van der Waals surface area contributed by atoms with Crippen LogP contribution in [-0.2, 0) is 13.1 Å². The number of hydrogen-bond acceptors (Lipinski definition) is 5. The van der Waals surface area contributed by atoms with Crippen LogP contribution in [0.5, 0.6) is 5.75 Å². The van der Waals surface area contributed by atoms with Crippen LogP contribution in [-0.4, -0.2) is 27.7 Å². The van der Waals surface area contributed by atoms with Gasteiger partial charge in [-0.1, -0.05) is 48.5 Å². The first-order chi connectivity index (χ1) is 16.0. The molecule has 0 atom stereocenters. The highest BCUT2D eigenvalue weighted by molar-refractivity contribution is 5.95. The first kappa shape index (κ1) is 21.8. The molecule has 3 aromatic carbocycles. The lowest BCUT2D eigenvalue weighted by molar-refractivity contribution is -0.385. The minimum absolute atomic E-state index is 0.109. The standard InChI is InChI=1S/C25H22N4O4/c1-33-24-12-11-20(15-23(24)29(31)32)25(30)26-16-21-5-2-3-6-22(21)19-9-7-18(8-10-19)17-28-14-4-13-27-28/h2-15H,16-17H2,1H3,(H,26,30). The fraction of sp³-hybridized carbons (Fsp3) is 0.120. The summed E-state index contributed by atoms with van der Waals surface area (Å²) in [6.45, 7) is 0.975. The molecule has 0 aliphatic carbocycles. The molecule has 1 heterocycles. The van der Waals surface area contributed by atoms with Gasteiger partial charge >= 0.3 is 5.69 Å². The van der Waals surface area contributed by atoms with Gasteiger partial charge in [0.1, 0.15) is 0 Å². The summed E-state index contributed by atoms with van der Waals surface area (Å²) < 4.78 is 6.86. The summed E-state index contributed by atoms with van der Waals surface area (Å²) in [6, 6.07) is 22.1. The van der Waals surface area contributed by atoms with Gasteiger partial charge in [0, 0.05) is 30.6 Å². The maximum Gasteiger partial charge on any atom is 0.311 e. The van der Waals surface area contributed by atoms with Crippen molar-refractivity contribution >= 4 is 11.6 Å². The van der Waals surface area contributed by atoms with Crippen LogP contribution in [0.15, 0.2) is 85.2 Å². The van der Waals surface area contributed by atoms with Gasteiger partial charge in [0.2, 0.25) is 0 Å². The van der Waals surface area contributed by atoms with Crippen LogP contribution in [0.25, 0.3) is 11.1 Å². The quantitative estimate of drug-likeness (QED) is 0.321. The van der Waals surface area contributed by atoms with Gasteiger partial charge in [0.25, 0.3) is 5.91 Å². The van der Waals surface area contributed by atoms with Crippen LogP contribution < -0.4 is 10.1 Å². The summed E-state index contributed by atoms with van der Waals surface area (Å²) in [5, 5.41) is 18.3. The number of rotatable bonds is 8. The molecule has 4 rings (SSSR count). The molecule has 0 radical (unpaired) electrons. The third-order valence-electron chi connectivity index (χ3n) is 5.26. The molecule has 0 unspecified atom stereocenters. The zero-order chi connectivity index (χ0) is 23.2. The SMILES string of the molecule is COc1ccc(C(=O)NCc2ccccc2-c2ccc(Cn3cccn3)cc2)cc1[N+](=O)[O-]. The summed E-state index contributed by atoms with van der Waals surface area (Å²) in [6.07, 6.45) is 3.67. The average Bonchev–Trinajstić information content (AvgIpc) is 3.36. The van der Waals surface area contributed by atoms with Crippen LogP contribution in [0, 0.1) is 10.1 Å². The zero-order valence-electron chi connectivity index (χ0n) is 18.0. The maximum absolute atomic E-state index is 12.7. The number of nitrogens with zero attached hydrogens (tertiary/aromatic N) is 3. The predicted molar refractivity (Wildman–Crippen MR) is 124 cm³/mol. The maximum atomic E-state index is 12.7. The van der Waals surface area contributed by atoms with Crippen LogP contribution in [0.3, 0.4) is 0 Å². The zero-order valence-corrected chi connectivity index (χ0v) is 18.0. The molecule has 0 saturated heterocycles. The van der Waals surface area contributed by atoms with Gasteiger partial charge in [-0.25, -0.2) is 0 Å². The van der Waals surface area contributed by atoms with Gasteiger partial charge in [-0.2, -0.15) is 5.10 Å². The highest BCUT2D eigenvalue weighted by Gasteiger charge is 2.18. The van der Waals surface area contributed by atoms with E-state index in [9.17, 15) is 14.9 Å². The van der Waals surface area contributed by atoms with Crippen molar-refractivity contribution in [1.29, 1.82) is 0 Å². The first-order valence-corrected chi connectivity index (χ1v) is 10.3. The van der Waals surface area contributed by atoms with E-state index in [1.807, 2.05) is 53.3 Å². The van der Waals surface area contributed by atoms with Gasteiger partial charge in [-0.05, 0) is 40.5 Å². The number of carbonyl (C=O) groups is 1. The third-order valence-corrected chi connectivity index (χ3v) is 5.26. The number of benzene rings is 3. The number of nitro groups is 1. The number of hydrogen-bond donors (Lipinski definition) is 1. The Hall–Kier alpha value is -4.46. The molecule has 0 spiro atoms. The predicted octanol–water partition coefficient (Wildman–Crippen LogP) is 4.45. The Morgan fingerprint density at radius 2 is 1.88 bits per heavy atom. The second-order valence-electron chi connectivity index (χ2n) is 7.38. The van der Waals surface area contributed by atoms with E-state index in [4.69, 9.17) is 4.74 Å². The lowest BCUT2D eigenvalue weighted by atomic mass is 9.98. The van der Waals surface area contributed by atoms with Crippen molar-refractivity contribution in [2.75, 3.05) is 7.11 Å². The van der Waals surface area contributed by atoms with E-state index in [2.05, 4.69) is 22.5 Å². The molecule has 166 valence electrons. The second kappa shape index (κ2) is 9.78. The monoisotopic (exact) mass is 442 g/mol. The number of carbonyl (C=O) groups excluding carboxylic acids is 1. The molecule has 1 aromatic heterocycles. The minimum Gasteiger partial charge on any atom is -0.490 e. The van der Waals surface area contributed by atoms with Crippen LogP contribution in [0.1, 0.15) is 21.5 Å². The summed E-state index contributed by atoms with van der Waals surface area (Å²) in [7, 11) is 1.35. The molecule has 33 heavy (non-hydrogen) atoms. The van der Waals surface area contributed by atoms with Crippen molar-refractivity contribution in [2.45, 2.75) is 13.1 Å². The fourth-order valence-corrected chi connectivity index (χ4v) is 3.58. The molecule has 0 fully saturated rings. The number of nitrogens with one attached hydrogen (secondary N) is 1. The van der Waals surface area contributed by atoms with Crippen molar-refractivity contribution in [2.24, 2.45) is 0 Å². The highest BCUT2D eigenvalue weighted by Crippen LogP contribution is 2.28. The first-order valence-electron chi connectivity index (χ1n) is 10.3. The number of methoxy groups -OCH3 is 1. The number of ether oxygens (including phenoxy) is 1. The topological polar surface area (TPSA) is 99.3 Å². The van der Waals surface area contributed by atoms with E-state index in [0.717, 1.165) is 22.3 Å². The van der Waals surface area contributed by atoms with Gasteiger partial charge in [0.15, 0.2) is 5.75 Å². The molecule has 8 heteroatoms. The molecule has 1 N–H and O–H groups in total. The average molecular weight is 442 g/mol. The Morgan fingerprint density at radius 1 is 1.09 bits per heavy atom. The third kappa shape index (κ3) is 5.07. The summed E-state index contributed by atoms with van der Waals surface area (Å²) in [4.78, 5) is 23.3. The van der Waals surface area contributed by atoms with E-state index in [1.54, 1.807) is 6.20 Å². The van der Waals surface area contributed by atoms with Crippen molar-refractivity contribution in [1.82, 2.24) is 15.1 Å². The Labute approximate surface area is 190 Å². The summed E-state index contributed by atoms with van der Waals surface area (Å²) in [5.41, 5.74) is 4.06. The number of aromatic nitrogens is 2. The van der Waals surface area contributed by atoms with E-state index >= 15 is 0 Å². The van der Waals surface area contributed by atoms with E-state index in [1.165, 1.54) is 25.3 Å². The summed E-state index contributed by atoms with van der Waals surface area (Å²) >= 11 is 0. The van der Waals surface area contributed by atoms with Crippen LogP contribution in [0.2, 0.25) is 0 Å². The minimum atomic E-state index is -0.569. The molecular formula is C25H22N4O4.